The molecule has 0 aliphatic carbocycles. The lowest BCUT2D eigenvalue weighted by Gasteiger charge is -2.14. The Kier molecular flexibility index (Phi) is 4.90. The number of hydrogen-bond donors (Lipinski definition) is 2. The van der Waals surface area contributed by atoms with E-state index in [1.807, 2.05) is 6.92 Å². The molecule has 4 nitrogen and oxygen atoms in total. The molecule has 14 heavy (non-hydrogen) atoms. The first kappa shape index (κ1) is 11.5. The second-order valence-corrected chi connectivity index (χ2v) is 3.92. The van der Waals surface area contributed by atoms with Gasteiger partial charge in [-0.15, -0.1) is 0 Å². The van der Waals surface area contributed by atoms with Crippen LogP contribution in [-0.2, 0) is 4.79 Å². The molecule has 82 valence electrons. The fourth-order valence-corrected chi connectivity index (χ4v) is 1.73. The summed E-state index contributed by atoms with van der Waals surface area (Å²) in [7, 11) is 0. The van der Waals surface area contributed by atoms with Gasteiger partial charge in [0.25, 0.3) is 0 Å². The summed E-state index contributed by atoms with van der Waals surface area (Å²) in [6.45, 7) is 5.32. The Balaban J connectivity index is 2.15. The van der Waals surface area contributed by atoms with Crippen LogP contribution in [0.1, 0.15) is 19.8 Å². The van der Waals surface area contributed by atoms with Crippen LogP contribution in [-0.4, -0.2) is 48.7 Å². The van der Waals surface area contributed by atoms with E-state index < -0.39 is 0 Å². The second kappa shape index (κ2) is 5.98. The molecule has 4 heteroatoms. The van der Waals surface area contributed by atoms with Gasteiger partial charge < -0.3 is 10.4 Å². The van der Waals surface area contributed by atoms with E-state index in [2.05, 4.69) is 10.2 Å². The van der Waals surface area contributed by atoms with E-state index in [9.17, 15) is 4.79 Å². The van der Waals surface area contributed by atoms with E-state index >= 15 is 0 Å². The number of nitrogens with zero attached hydrogens (tertiary/aromatic N) is 1. The first-order valence-electron chi connectivity index (χ1n) is 5.36. The van der Waals surface area contributed by atoms with Gasteiger partial charge in [0.2, 0.25) is 5.91 Å². The molecule has 1 amide bonds. The van der Waals surface area contributed by atoms with Crippen LogP contribution in [0.15, 0.2) is 0 Å². The number of aliphatic hydroxyl groups excluding tert-OH is 1. The topological polar surface area (TPSA) is 52.6 Å². The smallest absolute Gasteiger partial charge is 0.234 e. The van der Waals surface area contributed by atoms with Crippen molar-refractivity contribution >= 4 is 5.91 Å². The molecule has 0 unspecified atom stereocenters. The highest BCUT2D eigenvalue weighted by Crippen LogP contribution is 2.14. The lowest BCUT2D eigenvalue weighted by atomic mass is 10.1. The number of hydrogen-bond acceptors (Lipinski definition) is 3. The maximum atomic E-state index is 11.3. The largest absolute Gasteiger partial charge is 0.396 e. The van der Waals surface area contributed by atoms with Crippen LogP contribution in [0.4, 0.5) is 0 Å². The quantitative estimate of drug-likeness (QED) is 0.647. The Bertz CT molecular complexity index is 185. The summed E-state index contributed by atoms with van der Waals surface area (Å²) >= 11 is 0. The Labute approximate surface area is 85.3 Å². The minimum Gasteiger partial charge on any atom is -0.396 e. The Morgan fingerprint density at radius 1 is 1.64 bits per heavy atom. The zero-order chi connectivity index (χ0) is 10.4. The highest BCUT2D eigenvalue weighted by Gasteiger charge is 2.22. The van der Waals surface area contributed by atoms with E-state index in [0.717, 1.165) is 32.5 Å². The van der Waals surface area contributed by atoms with Crippen molar-refractivity contribution in [2.75, 3.05) is 32.8 Å². The number of rotatable bonds is 5. The molecule has 1 saturated heterocycles. The lowest BCUT2D eigenvalue weighted by molar-refractivity contribution is -0.122. The van der Waals surface area contributed by atoms with Crippen molar-refractivity contribution in [1.82, 2.24) is 10.2 Å². The van der Waals surface area contributed by atoms with Crippen molar-refractivity contribution in [1.29, 1.82) is 0 Å². The van der Waals surface area contributed by atoms with E-state index in [1.165, 1.54) is 0 Å². The first-order chi connectivity index (χ1) is 6.76. The summed E-state index contributed by atoms with van der Waals surface area (Å²) in [5.41, 5.74) is 0. The van der Waals surface area contributed by atoms with Gasteiger partial charge in [0.05, 0.1) is 6.54 Å². The molecule has 0 aromatic rings. The lowest BCUT2D eigenvalue weighted by Crippen LogP contribution is -2.36. The molecule has 1 rings (SSSR count). The maximum Gasteiger partial charge on any atom is 0.234 e. The van der Waals surface area contributed by atoms with Gasteiger partial charge in [-0.05, 0) is 25.3 Å². The fourth-order valence-electron chi connectivity index (χ4n) is 1.73. The van der Waals surface area contributed by atoms with Crippen LogP contribution in [0.3, 0.4) is 0 Å². The molecule has 0 saturated carbocycles. The highest BCUT2D eigenvalue weighted by molar-refractivity contribution is 5.77. The summed E-state index contributed by atoms with van der Waals surface area (Å²) in [6, 6.07) is 0. The van der Waals surface area contributed by atoms with Gasteiger partial charge in [-0.25, -0.2) is 0 Å². The summed E-state index contributed by atoms with van der Waals surface area (Å²) in [5.74, 6) is 0.472. The molecule has 1 aliphatic rings. The average Bonchev–Trinajstić information content (AvgIpc) is 2.62. The third kappa shape index (κ3) is 3.64. The van der Waals surface area contributed by atoms with Gasteiger partial charge in [0, 0.05) is 19.7 Å². The zero-order valence-electron chi connectivity index (χ0n) is 8.83. The number of likely N-dealkylation sites (tertiary alicyclic amines) is 1. The Morgan fingerprint density at radius 3 is 3.00 bits per heavy atom. The molecule has 0 bridgehead atoms. The van der Waals surface area contributed by atoms with Crippen LogP contribution in [0.25, 0.3) is 0 Å². The molecule has 0 spiro atoms. The SMILES string of the molecule is CCCNC(=O)CN1CC[C@@H](CO)C1. The minimum absolute atomic E-state index is 0.102. The summed E-state index contributed by atoms with van der Waals surface area (Å²) in [5, 5.41) is 11.8. The monoisotopic (exact) mass is 200 g/mol. The van der Waals surface area contributed by atoms with E-state index in [1.54, 1.807) is 0 Å². The zero-order valence-corrected chi connectivity index (χ0v) is 8.83. The van der Waals surface area contributed by atoms with E-state index in [4.69, 9.17) is 5.11 Å². The van der Waals surface area contributed by atoms with Crippen molar-refractivity contribution in [3.63, 3.8) is 0 Å². The molecule has 0 aromatic heterocycles. The molecule has 1 atom stereocenters. The third-order valence-corrected chi connectivity index (χ3v) is 2.57. The predicted octanol–water partition coefficient (Wildman–Crippen LogP) is -0.173. The number of carbonyl (C=O) groups is 1. The van der Waals surface area contributed by atoms with Gasteiger partial charge in [0.15, 0.2) is 0 Å². The van der Waals surface area contributed by atoms with Crippen molar-refractivity contribution in [3.05, 3.63) is 0 Å². The molecule has 2 N–H and O–H groups in total. The first-order valence-corrected chi connectivity index (χ1v) is 5.36. The standard InChI is InChI=1S/C10H20N2O2/c1-2-4-11-10(14)7-12-5-3-9(6-12)8-13/h9,13H,2-8H2,1H3,(H,11,14)/t9-/m1/s1. The molecule has 1 fully saturated rings. The number of nitrogens with one attached hydrogen (secondary N) is 1. The third-order valence-electron chi connectivity index (χ3n) is 2.57. The van der Waals surface area contributed by atoms with Crippen LogP contribution in [0, 0.1) is 5.92 Å². The predicted molar refractivity (Wildman–Crippen MR) is 54.9 cm³/mol. The second-order valence-electron chi connectivity index (χ2n) is 3.92. The van der Waals surface area contributed by atoms with Gasteiger partial charge in [-0.3, -0.25) is 9.69 Å². The number of carbonyl (C=O) groups excluding carboxylic acids is 1. The summed E-state index contributed by atoms with van der Waals surface area (Å²) in [4.78, 5) is 13.4. The minimum atomic E-state index is 0.102. The average molecular weight is 200 g/mol. The van der Waals surface area contributed by atoms with Crippen LogP contribution < -0.4 is 5.32 Å². The fraction of sp³-hybridized carbons (Fsp3) is 0.900. The highest BCUT2D eigenvalue weighted by atomic mass is 16.3. The number of aliphatic hydroxyl groups is 1. The van der Waals surface area contributed by atoms with Crippen molar-refractivity contribution in [2.45, 2.75) is 19.8 Å². The van der Waals surface area contributed by atoms with E-state index in [0.29, 0.717) is 12.5 Å². The molecule has 1 aliphatic heterocycles. The van der Waals surface area contributed by atoms with Gasteiger partial charge in [-0.1, -0.05) is 6.92 Å². The molecular weight excluding hydrogens is 180 g/mol. The van der Waals surface area contributed by atoms with Crippen LogP contribution >= 0.6 is 0 Å². The maximum absolute atomic E-state index is 11.3. The molecule has 0 radical (unpaired) electrons. The van der Waals surface area contributed by atoms with Gasteiger partial charge >= 0.3 is 0 Å². The molecule has 0 aromatic carbocycles. The van der Waals surface area contributed by atoms with Crippen LogP contribution in [0.5, 0.6) is 0 Å². The summed E-state index contributed by atoms with van der Waals surface area (Å²) < 4.78 is 0. The normalized spacial score (nSPS) is 22.6. The van der Waals surface area contributed by atoms with E-state index in [-0.39, 0.29) is 12.5 Å². The molecular formula is C10H20N2O2. The Morgan fingerprint density at radius 2 is 2.43 bits per heavy atom. The molecule has 1 heterocycles. The summed E-state index contributed by atoms with van der Waals surface area (Å²) in [6.07, 6.45) is 1.99. The Hall–Kier alpha value is -0.610. The van der Waals surface area contributed by atoms with Gasteiger partial charge in [-0.2, -0.15) is 0 Å². The van der Waals surface area contributed by atoms with Crippen molar-refractivity contribution in [2.24, 2.45) is 5.92 Å². The van der Waals surface area contributed by atoms with Crippen molar-refractivity contribution in [3.8, 4) is 0 Å². The van der Waals surface area contributed by atoms with Gasteiger partial charge in [0.1, 0.15) is 0 Å². The van der Waals surface area contributed by atoms with Crippen LogP contribution in [0.2, 0.25) is 0 Å². The van der Waals surface area contributed by atoms with Crippen molar-refractivity contribution < 1.29 is 9.90 Å². The number of amides is 1.